The van der Waals surface area contributed by atoms with Crippen LogP contribution in [0, 0.1) is 0 Å². The number of thiophene rings is 1. The van der Waals surface area contributed by atoms with Crippen LogP contribution in [-0.2, 0) is 22.5 Å². The van der Waals surface area contributed by atoms with E-state index in [1.54, 1.807) is 0 Å². The molecule has 0 aromatic carbocycles. The van der Waals surface area contributed by atoms with E-state index in [1.165, 1.54) is 10.4 Å². The molecule has 0 bridgehead atoms. The molecule has 2 aliphatic heterocycles. The Hall–Kier alpha value is -0.950. The Bertz CT molecular complexity index is 491. The molecular formula is C15H23N3O2S. The predicted molar refractivity (Wildman–Crippen MR) is 83.5 cm³/mol. The highest BCUT2D eigenvalue weighted by Crippen LogP contribution is 2.23. The van der Waals surface area contributed by atoms with Crippen LogP contribution in [0.3, 0.4) is 0 Å². The molecule has 5 nitrogen and oxygen atoms in total. The van der Waals surface area contributed by atoms with Crippen LogP contribution in [-0.4, -0.2) is 55.7 Å². The molecule has 2 N–H and O–H groups in total. The van der Waals surface area contributed by atoms with Crippen LogP contribution in [0.5, 0.6) is 0 Å². The number of amides is 1. The lowest BCUT2D eigenvalue weighted by molar-refractivity contribution is -0.128. The number of rotatable bonds is 4. The SMILES string of the molecule is C[C@H]1OCCN[C@@H]1C(=O)NCCN1CCc2sccc2C1. The summed E-state index contributed by atoms with van der Waals surface area (Å²) in [4.78, 5) is 16.1. The Balaban J connectivity index is 1.41. The molecule has 1 aromatic heterocycles. The fourth-order valence-electron chi connectivity index (χ4n) is 2.97. The summed E-state index contributed by atoms with van der Waals surface area (Å²) >= 11 is 1.86. The summed E-state index contributed by atoms with van der Waals surface area (Å²) < 4.78 is 5.51. The Morgan fingerprint density at radius 2 is 2.52 bits per heavy atom. The number of hydrogen-bond donors (Lipinski definition) is 2. The van der Waals surface area contributed by atoms with Gasteiger partial charge in [-0.3, -0.25) is 9.69 Å². The molecule has 0 saturated carbocycles. The van der Waals surface area contributed by atoms with E-state index in [-0.39, 0.29) is 18.1 Å². The average molecular weight is 309 g/mol. The van der Waals surface area contributed by atoms with Gasteiger partial charge in [0.05, 0.1) is 12.7 Å². The third kappa shape index (κ3) is 3.63. The molecule has 3 heterocycles. The van der Waals surface area contributed by atoms with Crippen molar-refractivity contribution in [3.8, 4) is 0 Å². The fourth-order valence-corrected chi connectivity index (χ4v) is 3.86. The van der Waals surface area contributed by atoms with Crippen molar-refractivity contribution in [2.45, 2.75) is 32.0 Å². The van der Waals surface area contributed by atoms with E-state index >= 15 is 0 Å². The highest BCUT2D eigenvalue weighted by Gasteiger charge is 2.28. The standard InChI is InChI=1S/C15H23N3O2S/c1-11-14(16-5-8-20-11)15(19)17-4-7-18-6-2-13-12(10-18)3-9-21-13/h3,9,11,14,16H,2,4-8,10H2,1H3,(H,17,19)/t11-,14+/m1/s1. The highest BCUT2D eigenvalue weighted by atomic mass is 32.1. The van der Waals surface area contributed by atoms with Gasteiger partial charge in [-0.1, -0.05) is 0 Å². The fraction of sp³-hybridized carbons (Fsp3) is 0.667. The maximum Gasteiger partial charge on any atom is 0.239 e. The molecule has 6 heteroatoms. The van der Waals surface area contributed by atoms with E-state index in [1.807, 2.05) is 18.3 Å². The van der Waals surface area contributed by atoms with Gasteiger partial charge in [0.1, 0.15) is 6.04 Å². The molecule has 1 fully saturated rings. The van der Waals surface area contributed by atoms with Gasteiger partial charge in [0.25, 0.3) is 0 Å². The minimum Gasteiger partial charge on any atom is -0.375 e. The van der Waals surface area contributed by atoms with Gasteiger partial charge in [-0.25, -0.2) is 0 Å². The number of ether oxygens (including phenoxy) is 1. The lowest BCUT2D eigenvalue weighted by Gasteiger charge is -2.30. The molecule has 3 rings (SSSR count). The molecule has 1 saturated heterocycles. The molecule has 116 valence electrons. The van der Waals surface area contributed by atoms with Gasteiger partial charge in [0.2, 0.25) is 5.91 Å². The molecule has 21 heavy (non-hydrogen) atoms. The topological polar surface area (TPSA) is 53.6 Å². The Labute approximate surface area is 129 Å². The van der Waals surface area contributed by atoms with Crippen molar-refractivity contribution in [2.75, 3.05) is 32.8 Å². The van der Waals surface area contributed by atoms with Crippen LogP contribution in [0.25, 0.3) is 0 Å². The van der Waals surface area contributed by atoms with E-state index in [4.69, 9.17) is 4.74 Å². The molecular weight excluding hydrogens is 286 g/mol. The maximum atomic E-state index is 12.1. The van der Waals surface area contributed by atoms with Gasteiger partial charge < -0.3 is 15.4 Å². The molecule has 0 spiro atoms. The van der Waals surface area contributed by atoms with Crippen LogP contribution >= 0.6 is 11.3 Å². The summed E-state index contributed by atoms with van der Waals surface area (Å²) in [5.41, 5.74) is 1.45. The van der Waals surface area contributed by atoms with Crippen LogP contribution in [0.15, 0.2) is 11.4 Å². The average Bonchev–Trinajstić information content (AvgIpc) is 2.95. The monoisotopic (exact) mass is 309 g/mol. The van der Waals surface area contributed by atoms with E-state index in [0.29, 0.717) is 13.2 Å². The van der Waals surface area contributed by atoms with Crippen molar-refractivity contribution in [3.63, 3.8) is 0 Å². The zero-order valence-corrected chi connectivity index (χ0v) is 13.2. The first-order valence-electron chi connectivity index (χ1n) is 7.64. The van der Waals surface area contributed by atoms with Gasteiger partial charge in [-0.15, -0.1) is 11.3 Å². The number of fused-ring (bicyclic) bond motifs is 1. The molecule has 0 radical (unpaired) electrons. The lowest BCUT2D eigenvalue weighted by Crippen LogP contribution is -2.56. The first-order valence-corrected chi connectivity index (χ1v) is 8.52. The van der Waals surface area contributed by atoms with E-state index in [9.17, 15) is 4.79 Å². The van der Waals surface area contributed by atoms with Crippen molar-refractivity contribution < 1.29 is 9.53 Å². The zero-order valence-electron chi connectivity index (χ0n) is 12.4. The molecule has 2 atom stereocenters. The molecule has 0 unspecified atom stereocenters. The summed E-state index contributed by atoms with van der Waals surface area (Å²) in [7, 11) is 0. The minimum atomic E-state index is -0.219. The summed E-state index contributed by atoms with van der Waals surface area (Å²) in [5, 5.41) is 8.42. The second-order valence-electron chi connectivity index (χ2n) is 5.69. The van der Waals surface area contributed by atoms with E-state index in [2.05, 4.69) is 27.0 Å². The number of hydrogen-bond acceptors (Lipinski definition) is 5. The summed E-state index contributed by atoms with van der Waals surface area (Å²) in [6.45, 7) is 7.07. The molecule has 1 aromatic rings. The third-order valence-electron chi connectivity index (χ3n) is 4.21. The van der Waals surface area contributed by atoms with Crippen molar-refractivity contribution in [1.29, 1.82) is 0 Å². The first-order chi connectivity index (χ1) is 10.2. The number of nitrogens with zero attached hydrogens (tertiary/aromatic N) is 1. The number of carbonyl (C=O) groups is 1. The zero-order chi connectivity index (χ0) is 14.7. The highest BCUT2D eigenvalue weighted by molar-refractivity contribution is 7.10. The van der Waals surface area contributed by atoms with E-state index in [0.717, 1.165) is 32.6 Å². The van der Waals surface area contributed by atoms with Crippen LogP contribution in [0.1, 0.15) is 17.4 Å². The summed E-state index contributed by atoms with van der Waals surface area (Å²) in [6, 6.07) is 2.00. The van der Waals surface area contributed by atoms with Crippen molar-refractivity contribution in [2.24, 2.45) is 0 Å². The lowest BCUT2D eigenvalue weighted by atomic mass is 10.1. The van der Waals surface area contributed by atoms with Crippen LogP contribution in [0.2, 0.25) is 0 Å². The van der Waals surface area contributed by atoms with Gasteiger partial charge >= 0.3 is 0 Å². The Morgan fingerprint density at radius 1 is 1.62 bits per heavy atom. The maximum absolute atomic E-state index is 12.1. The number of carbonyl (C=O) groups excluding carboxylic acids is 1. The Morgan fingerprint density at radius 3 is 3.38 bits per heavy atom. The van der Waals surface area contributed by atoms with Gasteiger partial charge in [-0.2, -0.15) is 0 Å². The smallest absolute Gasteiger partial charge is 0.239 e. The van der Waals surface area contributed by atoms with Crippen LogP contribution in [0.4, 0.5) is 0 Å². The third-order valence-corrected chi connectivity index (χ3v) is 5.24. The van der Waals surface area contributed by atoms with E-state index < -0.39 is 0 Å². The second kappa shape index (κ2) is 6.87. The second-order valence-corrected chi connectivity index (χ2v) is 6.69. The quantitative estimate of drug-likeness (QED) is 0.855. The molecule has 0 aliphatic carbocycles. The first kappa shape index (κ1) is 15.0. The van der Waals surface area contributed by atoms with Crippen molar-refractivity contribution in [3.05, 3.63) is 21.9 Å². The van der Waals surface area contributed by atoms with Crippen molar-refractivity contribution in [1.82, 2.24) is 15.5 Å². The summed E-state index contributed by atoms with van der Waals surface area (Å²) in [5.74, 6) is 0.0513. The number of nitrogens with one attached hydrogen (secondary N) is 2. The van der Waals surface area contributed by atoms with Gasteiger partial charge in [0.15, 0.2) is 0 Å². The Kier molecular flexibility index (Phi) is 4.90. The normalized spacial score (nSPS) is 26.3. The number of morpholine rings is 1. The molecule has 2 aliphatic rings. The van der Waals surface area contributed by atoms with Gasteiger partial charge in [0, 0.05) is 37.6 Å². The van der Waals surface area contributed by atoms with Gasteiger partial charge in [-0.05, 0) is 30.4 Å². The van der Waals surface area contributed by atoms with Crippen LogP contribution < -0.4 is 10.6 Å². The molecule has 1 amide bonds. The largest absolute Gasteiger partial charge is 0.375 e. The predicted octanol–water partition coefficient (Wildman–Crippen LogP) is 0.599. The summed E-state index contributed by atoms with van der Waals surface area (Å²) in [6.07, 6.45) is 1.08. The minimum absolute atomic E-state index is 0.0513. The van der Waals surface area contributed by atoms with Crippen molar-refractivity contribution >= 4 is 17.2 Å².